The number of hydrogen-bond acceptors (Lipinski definition) is 4. The highest BCUT2D eigenvalue weighted by Gasteiger charge is 2.07. The third-order valence-corrected chi connectivity index (χ3v) is 4.48. The molecule has 4 heteroatoms. The molecule has 0 amide bonds. The number of esters is 2. The number of benzene rings is 2. The van der Waals surface area contributed by atoms with Gasteiger partial charge in [0.05, 0.1) is 0 Å². The summed E-state index contributed by atoms with van der Waals surface area (Å²) in [6, 6.07) is 11.3. The second-order valence-electron chi connectivity index (χ2n) is 6.81. The quantitative estimate of drug-likeness (QED) is 0.213. The Hall–Kier alpha value is -3.40. The Bertz CT molecular complexity index is 876. The fourth-order valence-corrected chi connectivity index (χ4v) is 3.08. The SMILES string of the molecule is C=CC(=O)Oc1ccc(/C=C/c2ccc(OC(=O)C=C)cc2CCC)c(CCC)c1. The Labute approximate surface area is 178 Å². The summed E-state index contributed by atoms with van der Waals surface area (Å²) in [6.07, 6.45) is 10.1. The van der Waals surface area contributed by atoms with Gasteiger partial charge in [-0.05, 0) is 59.4 Å². The fraction of sp³-hybridized carbons (Fsp3) is 0.231. The number of ether oxygens (including phenoxy) is 2. The minimum atomic E-state index is -0.470. The molecule has 2 aromatic rings. The van der Waals surface area contributed by atoms with Crippen molar-refractivity contribution in [2.45, 2.75) is 39.5 Å². The minimum absolute atomic E-state index is 0.470. The molecule has 0 aliphatic rings. The first kappa shape index (κ1) is 22.9. The van der Waals surface area contributed by atoms with Gasteiger partial charge in [0.1, 0.15) is 11.5 Å². The van der Waals surface area contributed by atoms with Gasteiger partial charge in [0.2, 0.25) is 0 Å². The van der Waals surface area contributed by atoms with Crippen LogP contribution < -0.4 is 9.47 Å². The van der Waals surface area contributed by atoms with Crippen LogP contribution in [0.4, 0.5) is 0 Å². The highest BCUT2D eigenvalue weighted by Crippen LogP contribution is 2.25. The third-order valence-electron chi connectivity index (χ3n) is 4.48. The molecule has 0 N–H and O–H groups in total. The normalized spacial score (nSPS) is 10.6. The number of aryl methyl sites for hydroxylation is 2. The molecule has 0 saturated carbocycles. The minimum Gasteiger partial charge on any atom is -0.423 e. The summed E-state index contributed by atoms with van der Waals surface area (Å²) in [4.78, 5) is 22.9. The lowest BCUT2D eigenvalue weighted by Gasteiger charge is -2.10. The lowest BCUT2D eigenvalue weighted by molar-refractivity contribution is -0.129. The maximum absolute atomic E-state index is 11.5. The molecule has 0 atom stereocenters. The fourth-order valence-electron chi connectivity index (χ4n) is 3.08. The number of rotatable bonds is 10. The van der Waals surface area contributed by atoms with E-state index in [0.29, 0.717) is 11.5 Å². The first-order chi connectivity index (χ1) is 14.5. The zero-order valence-electron chi connectivity index (χ0n) is 17.6. The van der Waals surface area contributed by atoms with Crippen LogP contribution in [0.3, 0.4) is 0 Å². The average Bonchev–Trinajstić information content (AvgIpc) is 2.74. The molecule has 0 radical (unpaired) electrons. The van der Waals surface area contributed by atoms with Crippen LogP contribution in [0.25, 0.3) is 12.2 Å². The topological polar surface area (TPSA) is 52.6 Å². The van der Waals surface area contributed by atoms with Gasteiger partial charge in [0.25, 0.3) is 0 Å². The van der Waals surface area contributed by atoms with E-state index in [2.05, 4.69) is 39.2 Å². The van der Waals surface area contributed by atoms with Gasteiger partial charge in [-0.25, -0.2) is 9.59 Å². The van der Waals surface area contributed by atoms with Crippen molar-refractivity contribution in [3.63, 3.8) is 0 Å². The summed E-state index contributed by atoms with van der Waals surface area (Å²) in [7, 11) is 0. The summed E-state index contributed by atoms with van der Waals surface area (Å²) in [5.74, 6) is 0.0884. The molecule has 0 aliphatic heterocycles. The molecular formula is C26H28O4. The van der Waals surface area contributed by atoms with Crippen LogP contribution in [-0.2, 0) is 22.4 Å². The van der Waals surface area contributed by atoms with Crippen molar-refractivity contribution in [3.05, 3.63) is 84.0 Å². The molecule has 0 fully saturated rings. The van der Waals surface area contributed by atoms with E-state index in [9.17, 15) is 9.59 Å². The lowest BCUT2D eigenvalue weighted by Crippen LogP contribution is -2.04. The Morgan fingerprint density at radius 1 is 0.767 bits per heavy atom. The molecule has 0 bridgehead atoms. The summed E-state index contributed by atoms with van der Waals surface area (Å²) in [5.41, 5.74) is 4.35. The van der Waals surface area contributed by atoms with Gasteiger partial charge < -0.3 is 9.47 Å². The highest BCUT2D eigenvalue weighted by atomic mass is 16.5. The van der Waals surface area contributed by atoms with E-state index < -0.39 is 11.9 Å². The van der Waals surface area contributed by atoms with Crippen molar-refractivity contribution in [3.8, 4) is 11.5 Å². The molecule has 2 aromatic carbocycles. The van der Waals surface area contributed by atoms with Crippen LogP contribution in [0.5, 0.6) is 11.5 Å². The number of carbonyl (C=O) groups is 2. The third kappa shape index (κ3) is 6.59. The molecule has 0 aromatic heterocycles. The second-order valence-corrected chi connectivity index (χ2v) is 6.81. The van der Waals surface area contributed by atoms with Crippen LogP contribution in [0.2, 0.25) is 0 Å². The molecule has 0 aliphatic carbocycles. The average molecular weight is 405 g/mol. The molecule has 30 heavy (non-hydrogen) atoms. The smallest absolute Gasteiger partial charge is 0.335 e. The van der Waals surface area contributed by atoms with Gasteiger partial charge in [0, 0.05) is 12.2 Å². The van der Waals surface area contributed by atoms with E-state index in [1.54, 1.807) is 12.1 Å². The van der Waals surface area contributed by atoms with Crippen molar-refractivity contribution in [2.75, 3.05) is 0 Å². The molecule has 2 rings (SSSR count). The number of hydrogen-bond donors (Lipinski definition) is 0. The number of carbonyl (C=O) groups excluding carboxylic acids is 2. The van der Waals surface area contributed by atoms with Gasteiger partial charge in [-0.3, -0.25) is 0 Å². The first-order valence-corrected chi connectivity index (χ1v) is 10.1. The summed E-state index contributed by atoms with van der Waals surface area (Å²) in [6.45, 7) is 11.1. The predicted molar refractivity (Wildman–Crippen MR) is 121 cm³/mol. The zero-order chi connectivity index (χ0) is 21.9. The maximum Gasteiger partial charge on any atom is 0.335 e. The predicted octanol–water partition coefficient (Wildman–Crippen LogP) is 5.94. The maximum atomic E-state index is 11.5. The summed E-state index contributed by atoms with van der Waals surface area (Å²) < 4.78 is 10.5. The molecule has 156 valence electrons. The Balaban J connectivity index is 2.32. The standard InChI is InChI=1S/C26H28O4/c1-5-9-21-17-23(29-25(27)7-3)15-13-19(21)11-12-20-14-16-24(30-26(28)8-4)18-22(20)10-6-2/h7-8,11-18H,3-6,9-10H2,1-2H3/b12-11+. The van der Waals surface area contributed by atoms with Crippen LogP contribution >= 0.6 is 0 Å². The Kier molecular flexibility index (Phi) is 8.82. The van der Waals surface area contributed by atoms with Crippen LogP contribution in [0.1, 0.15) is 48.9 Å². The zero-order valence-corrected chi connectivity index (χ0v) is 17.6. The monoisotopic (exact) mass is 404 g/mol. The van der Waals surface area contributed by atoms with E-state index >= 15 is 0 Å². The van der Waals surface area contributed by atoms with Crippen molar-refractivity contribution in [1.29, 1.82) is 0 Å². The lowest BCUT2D eigenvalue weighted by atomic mass is 9.99. The van der Waals surface area contributed by atoms with Gasteiger partial charge in [-0.1, -0.05) is 64.1 Å². The van der Waals surface area contributed by atoms with Crippen molar-refractivity contribution >= 4 is 24.1 Å². The van der Waals surface area contributed by atoms with Crippen molar-refractivity contribution in [1.82, 2.24) is 0 Å². The van der Waals surface area contributed by atoms with Crippen molar-refractivity contribution < 1.29 is 19.1 Å². The van der Waals surface area contributed by atoms with Crippen LogP contribution in [-0.4, -0.2) is 11.9 Å². The van der Waals surface area contributed by atoms with Gasteiger partial charge in [-0.15, -0.1) is 0 Å². The van der Waals surface area contributed by atoms with Crippen molar-refractivity contribution in [2.24, 2.45) is 0 Å². The van der Waals surface area contributed by atoms with E-state index in [-0.39, 0.29) is 0 Å². The molecule has 0 heterocycles. The van der Waals surface area contributed by atoms with Gasteiger partial charge in [-0.2, -0.15) is 0 Å². The van der Waals surface area contributed by atoms with E-state index in [1.807, 2.05) is 24.3 Å². The molecule has 0 unspecified atom stereocenters. The largest absolute Gasteiger partial charge is 0.423 e. The van der Waals surface area contributed by atoms with Crippen LogP contribution in [0.15, 0.2) is 61.7 Å². The van der Waals surface area contributed by atoms with Gasteiger partial charge in [0.15, 0.2) is 0 Å². The van der Waals surface area contributed by atoms with E-state index in [4.69, 9.17) is 9.47 Å². The van der Waals surface area contributed by atoms with E-state index in [0.717, 1.165) is 60.1 Å². The molecule has 0 spiro atoms. The summed E-state index contributed by atoms with van der Waals surface area (Å²) >= 11 is 0. The molecule has 0 saturated heterocycles. The summed E-state index contributed by atoms with van der Waals surface area (Å²) in [5, 5.41) is 0. The molecular weight excluding hydrogens is 376 g/mol. The highest BCUT2D eigenvalue weighted by molar-refractivity contribution is 5.84. The Morgan fingerprint density at radius 2 is 1.17 bits per heavy atom. The first-order valence-electron chi connectivity index (χ1n) is 10.1. The Morgan fingerprint density at radius 3 is 1.50 bits per heavy atom. The molecule has 4 nitrogen and oxygen atoms in total. The van der Waals surface area contributed by atoms with Gasteiger partial charge >= 0.3 is 11.9 Å². The van der Waals surface area contributed by atoms with Crippen LogP contribution in [0, 0.1) is 0 Å². The van der Waals surface area contributed by atoms with E-state index in [1.165, 1.54) is 0 Å². The second kappa shape index (κ2) is 11.6.